The summed E-state index contributed by atoms with van der Waals surface area (Å²) in [5, 5.41) is 8.45. The maximum Gasteiger partial charge on any atom is 0.318 e. The van der Waals surface area contributed by atoms with E-state index in [0.717, 1.165) is 0 Å². The van der Waals surface area contributed by atoms with Crippen LogP contribution in [0.1, 0.15) is 20.8 Å². The fourth-order valence-corrected chi connectivity index (χ4v) is 3.00. The highest BCUT2D eigenvalue weighted by Gasteiger charge is 2.22. The van der Waals surface area contributed by atoms with Crippen molar-refractivity contribution < 1.29 is 13.9 Å². The van der Waals surface area contributed by atoms with Crippen LogP contribution in [0.25, 0.3) is 11.4 Å². The maximum absolute atomic E-state index is 14.1. The maximum atomic E-state index is 14.1. The van der Waals surface area contributed by atoms with Gasteiger partial charge >= 0.3 is 5.97 Å². The fourth-order valence-electron chi connectivity index (χ4n) is 2.12. The molecule has 1 unspecified atom stereocenters. The van der Waals surface area contributed by atoms with E-state index in [2.05, 4.69) is 24.0 Å². The number of aromatic nitrogens is 3. The summed E-state index contributed by atoms with van der Waals surface area (Å²) in [5.41, 5.74) is 0.401. The van der Waals surface area contributed by atoms with Gasteiger partial charge in [0, 0.05) is 6.54 Å². The van der Waals surface area contributed by atoms with Crippen molar-refractivity contribution in [2.24, 2.45) is 5.92 Å². The summed E-state index contributed by atoms with van der Waals surface area (Å²) in [6, 6.07) is 6.47. The summed E-state index contributed by atoms with van der Waals surface area (Å²) in [6.07, 6.45) is 0. The summed E-state index contributed by atoms with van der Waals surface area (Å²) >= 11 is 1.26. The van der Waals surface area contributed by atoms with Gasteiger partial charge in [-0.05, 0) is 25.0 Å². The van der Waals surface area contributed by atoms with Crippen molar-refractivity contribution in [1.29, 1.82) is 0 Å². The van der Waals surface area contributed by atoms with E-state index >= 15 is 0 Å². The van der Waals surface area contributed by atoms with Crippen LogP contribution in [0, 0.1) is 11.7 Å². The molecule has 1 aromatic heterocycles. The van der Waals surface area contributed by atoms with Gasteiger partial charge in [0.05, 0.1) is 12.7 Å². The van der Waals surface area contributed by atoms with Gasteiger partial charge in [0.25, 0.3) is 0 Å². The third kappa shape index (κ3) is 4.10. The van der Waals surface area contributed by atoms with Gasteiger partial charge in [0.2, 0.25) is 0 Å². The number of ether oxygens (including phenoxy) is 1. The Hall–Kier alpha value is -1.89. The predicted octanol–water partition coefficient (Wildman–Crippen LogP) is 3.39. The Morgan fingerprint density at radius 1 is 1.30 bits per heavy atom. The van der Waals surface area contributed by atoms with Crippen molar-refractivity contribution >= 4 is 17.7 Å². The molecule has 5 nitrogen and oxygen atoms in total. The van der Waals surface area contributed by atoms with Crippen LogP contribution in [0.5, 0.6) is 0 Å². The highest BCUT2D eigenvalue weighted by Crippen LogP contribution is 2.29. The molecule has 0 fully saturated rings. The number of esters is 1. The van der Waals surface area contributed by atoms with Crippen molar-refractivity contribution in [2.75, 3.05) is 7.11 Å². The lowest BCUT2D eigenvalue weighted by Crippen LogP contribution is -2.16. The summed E-state index contributed by atoms with van der Waals surface area (Å²) in [5.74, 6) is 0.115. The van der Waals surface area contributed by atoms with Gasteiger partial charge in [-0.15, -0.1) is 10.2 Å². The minimum absolute atomic E-state index is 0.323. The molecule has 124 valence electrons. The Kier molecular flexibility index (Phi) is 5.76. The topological polar surface area (TPSA) is 57.0 Å². The van der Waals surface area contributed by atoms with E-state index in [1.54, 1.807) is 25.1 Å². The predicted molar refractivity (Wildman–Crippen MR) is 87.6 cm³/mol. The van der Waals surface area contributed by atoms with Gasteiger partial charge in [-0.3, -0.25) is 4.79 Å². The van der Waals surface area contributed by atoms with E-state index in [9.17, 15) is 9.18 Å². The summed E-state index contributed by atoms with van der Waals surface area (Å²) in [4.78, 5) is 11.6. The molecule has 0 aliphatic heterocycles. The average molecular weight is 337 g/mol. The van der Waals surface area contributed by atoms with Crippen LogP contribution in [-0.2, 0) is 16.1 Å². The molecule has 2 aromatic rings. The Morgan fingerprint density at radius 3 is 2.61 bits per heavy atom. The fraction of sp³-hybridized carbons (Fsp3) is 0.438. The SMILES string of the molecule is COC(=O)C(C)Sc1nnc(-c2ccccc2F)n1CC(C)C. The van der Waals surface area contributed by atoms with Gasteiger partial charge < -0.3 is 9.30 Å². The third-order valence-corrected chi connectivity index (χ3v) is 4.25. The number of carbonyl (C=O) groups excluding carboxylic acids is 1. The molecule has 0 aliphatic rings. The Labute approximate surface area is 139 Å². The average Bonchev–Trinajstić information content (AvgIpc) is 2.88. The second-order valence-corrected chi connectivity index (χ2v) is 6.88. The largest absolute Gasteiger partial charge is 0.468 e. The van der Waals surface area contributed by atoms with Crippen LogP contribution in [0.2, 0.25) is 0 Å². The molecule has 0 bridgehead atoms. The molecule has 1 heterocycles. The molecule has 0 radical (unpaired) electrons. The number of halogens is 1. The lowest BCUT2D eigenvalue weighted by molar-refractivity contribution is -0.139. The lowest BCUT2D eigenvalue weighted by atomic mass is 10.2. The second kappa shape index (κ2) is 7.59. The second-order valence-electron chi connectivity index (χ2n) is 5.57. The minimum atomic E-state index is -0.413. The zero-order valence-electron chi connectivity index (χ0n) is 13.6. The molecule has 0 N–H and O–H groups in total. The monoisotopic (exact) mass is 337 g/mol. The number of rotatable bonds is 6. The van der Waals surface area contributed by atoms with E-state index in [4.69, 9.17) is 4.74 Å². The molecule has 1 aromatic carbocycles. The van der Waals surface area contributed by atoms with Gasteiger partial charge in [0.1, 0.15) is 11.1 Å². The first kappa shape index (κ1) is 17.5. The van der Waals surface area contributed by atoms with E-state index in [1.165, 1.54) is 24.9 Å². The highest BCUT2D eigenvalue weighted by atomic mass is 32.2. The normalized spacial score (nSPS) is 12.4. The van der Waals surface area contributed by atoms with Crippen molar-refractivity contribution in [3.63, 3.8) is 0 Å². The summed E-state index contributed by atoms with van der Waals surface area (Å²) < 4.78 is 20.7. The van der Waals surface area contributed by atoms with Crippen LogP contribution >= 0.6 is 11.8 Å². The molecule has 1 atom stereocenters. The molecule has 0 aliphatic carbocycles. The first-order valence-corrected chi connectivity index (χ1v) is 8.24. The molecule has 2 rings (SSSR count). The first-order valence-electron chi connectivity index (χ1n) is 7.36. The third-order valence-electron chi connectivity index (χ3n) is 3.19. The minimum Gasteiger partial charge on any atom is -0.468 e. The molecule has 0 saturated heterocycles. The Morgan fingerprint density at radius 2 is 2.00 bits per heavy atom. The van der Waals surface area contributed by atoms with Gasteiger partial charge in [-0.2, -0.15) is 0 Å². The Bertz CT molecular complexity index is 688. The van der Waals surface area contributed by atoms with Gasteiger partial charge in [0.15, 0.2) is 11.0 Å². The molecular formula is C16H20FN3O2S. The number of methoxy groups -OCH3 is 1. The number of benzene rings is 1. The first-order chi connectivity index (χ1) is 10.9. The summed E-state index contributed by atoms with van der Waals surface area (Å²) in [6.45, 7) is 6.49. The van der Waals surface area contributed by atoms with Crippen LogP contribution < -0.4 is 0 Å². The van der Waals surface area contributed by atoms with Gasteiger partial charge in [-0.25, -0.2) is 4.39 Å². The quantitative estimate of drug-likeness (QED) is 0.597. The van der Waals surface area contributed by atoms with Crippen LogP contribution in [0.3, 0.4) is 0 Å². The molecule has 0 amide bonds. The van der Waals surface area contributed by atoms with E-state index in [1.807, 2.05) is 4.57 Å². The van der Waals surface area contributed by atoms with Crippen molar-refractivity contribution in [3.8, 4) is 11.4 Å². The summed E-state index contributed by atoms with van der Waals surface area (Å²) in [7, 11) is 1.35. The Balaban J connectivity index is 2.41. The zero-order valence-corrected chi connectivity index (χ0v) is 14.4. The number of hydrogen-bond acceptors (Lipinski definition) is 5. The zero-order chi connectivity index (χ0) is 17.0. The van der Waals surface area contributed by atoms with Gasteiger partial charge in [-0.1, -0.05) is 37.7 Å². The van der Waals surface area contributed by atoms with Crippen LogP contribution in [-0.4, -0.2) is 33.1 Å². The molecule has 0 saturated carbocycles. The molecule has 7 heteroatoms. The van der Waals surface area contributed by atoms with Crippen LogP contribution in [0.4, 0.5) is 4.39 Å². The molecule has 23 heavy (non-hydrogen) atoms. The molecular weight excluding hydrogens is 317 g/mol. The standard InChI is InChI=1S/C16H20FN3O2S/c1-10(2)9-20-14(12-7-5-6-8-13(12)17)18-19-16(20)23-11(3)15(21)22-4/h5-8,10-11H,9H2,1-4H3. The lowest BCUT2D eigenvalue weighted by Gasteiger charge is -2.14. The number of nitrogens with zero attached hydrogens (tertiary/aromatic N) is 3. The van der Waals surface area contributed by atoms with E-state index < -0.39 is 5.25 Å². The van der Waals surface area contributed by atoms with E-state index in [0.29, 0.717) is 29.0 Å². The smallest absolute Gasteiger partial charge is 0.318 e. The van der Waals surface area contributed by atoms with Crippen molar-refractivity contribution in [2.45, 2.75) is 37.7 Å². The van der Waals surface area contributed by atoms with Crippen molar-refractivity contribution in [1.82, 2.24) is 14.8 Å². The number of carbonyl (C=O) groups is 1. The highest BCUT2D eigenvalue weighted by molar-refractivity contribution is 8.00. The van der Waals surface area contributed by atoms with E-state index in [-0.39, 0.29) is 11.8 Å². The molecule has 0 spiro atoms. The van der Waals surface area contributed by atoms with Crippen LogP contribution in [0.15, 0.2) is 29.4 Å². The number of hydrogen-bond donors (Lipinski definition) is 0. The number of thioether (sulfide) groups is 1. The van der Waals surface area contributed by atoms with Crippen molar-refractivity contribution in [3.05, 3.63) is 30.1 Å².